The molecule has 0 saturated heterocycles. The van der Waals surface area contributed by atoms with Crippen molar-refractivity contribution in [1.29, 1.82) is 0 Å². The van der Waals surface area contributed by atoms with E-state index >= 15 is 0 Å². The zero-order chi connectivity index (χ0) is 20.4. The number of phenols is 1. The minimum Gasteiger partial charge on any atom is -0.506 e. The Hall–Kier alpha value is -2.90. The molecule has 2 aromatic carbocycles. The third kappa shape index (κ3) is 4.11. The zero-order valence-corrected chi connectivity index (χ0v) is 17.6. The number of rotatable bonds is 5. The summed E-state index contributed by atoms with van der Waals surface area (Å²) in [5.41, 5.74) is 3.61. The summed E-state index contributed by atoms with van der Waals surface area (Å²) in [7, 11) is 0. The Labute approximate surface area is 176 Å². The second kappa shape index (κ2) is 8.23. The van der Waals surface area contributed by atoms with E-state index in [1.807, 2.05) is 25.1 Å². The van der Waals surface area contributed by atoms with Crippen molar-refractivity contribution in [2.24, 2.45) is 0 Å². The Balaban J connectivity index is 1.60. The average Bonchev–Trinajstić information content (AvgIpc) is 3.06. The van der Waals surface area contributed by atoms with Crippen LogP contribution in [0.3, 0.4) is 0 Å². The summed E-state index contributed by atoms with van der Waals surface area (Å²) in [5.74, 6) is 0.0388. The van der Waals surface area contributed by atoms with Crippen LogP contribution in [-0.4, -0.2) is 26.7 Å². The van der Waals surface area contributed by atoms with E-state index in [4.69, 9.17) is 0 Å². The number of carbonyl (C=O) groups excluding carboxylic acids is 1. The fourth-order valence-electron chi connectivity index (χ4n) is 3.15. The van der Waals surface area contributed by atoms with Gasteiger partial charge in [-0.15, -0.1) is 11.3 Å². The van der Waals surface area contributed by atoms with Gasteiger partial charge in [0.1, 0.15) is 21.9 Å². The second-order valence-corrected chi connectivity index (χ2v) is 8.78. The van der Waals surface area contributed by atoms with Crippen molar-refractivity contribution in [3.63, 3.8) is 0 Å². The molecule has 2 N–H and O–H groups in total. The van der Waals surface area contributed by atoms with E-state index in [1.165, 1.54) is 16.6 Å². The van der Waals surface area contributed by atoms with Crippen LogP contribution in [0.4, 0.5) is 5.69 Å². The molecule has 1 amide bonds. The molecule has 0 fully saturated rings. The normalized spacial score (nSPS) is 11.0. The number of aryl methyl sites for hydroxylation is 2. The number of nitrogens with zero attached hydrogens (tertiary/aromatic N) is 2. The van der Waals surface area contributed by atoms with Gasteiger partial charge >= 0.3 is 0 Å². The molecule has 0 atom stereocenters. The zero-order valence-electron chi connectivity index (χ0n) is 16.0. The Morgan fingerprint density at radius 2 is 1.93 bits per heavy atom. The molecule has 7 heteroatoms. The molecule has 4 aromatic rings. The standard InChI is InChI=1S/C22H19N3O2S2/c1-13-8-9-17(26)16(10-13)25-18(27)11-28-21-20-19(15-6-4-3-5-7-15)14(2)29-22(20)24-12-23-21/h3-10,12,26H,11H2,1-2H3,(H,25,27). The molecule has 2 aromatic heterocycles. The predicted molar refractivity (Wildman–Crippen MR) is 120 cm³/mol. The molecule has 4 rings (SSSR count). The first-order valence-corrected chi connectivity index (χ1v) is 10.8. The highest BCUT2D eigenvalue weighted by Gasteiger charge is 2.18. The predicted octanol–water partition coefficient (Wildman–Crippen LogP) is 5.41. The summed E-state index contributed by atoms with van der Waals surface area (Å²) >= 11 is 3.00. The number of anilines is 1. The van der Waals surface area contributed by atoms with Crippen LogP contribution in [0.2, 0.25) is 0 Å². The van der Waals surface area contributed by atoms with Crippen molar-refractivity contribution in [3.05, 3.63) is 65.3 Å². The summed E-state index contributed by atoms with van der Waals surface area (Å²) in [6, 6.07) is 15.3. The van der Waals surface area contributed by atoms with E-state index in [2.05, 4.69) is 34.3 Å². The third-order valence-electron chi connectivity index (χ3n) is 4.46. The maximum atomic E-state index is 12.5. The quantitative estimate of drug-likeness (QED) is 0.256. The van der Waals surface area contributed by atoms with Gasteiger partial charge in [0.05, 0.1) is 16.8 Å². The van der Waals surface area contributed by atoms with Gasteiger partial charge in [0.15, 0.2) is 0 Å². The van der Waals surface area contributed by atoms with E-state index in [0.717, 1.165) is 31.9 Å². The summed E-state index contributed by atoms with van der Waals surface area (Å²) < 4.78 is 0. The van der Waals surface area contributed by atoms with Crippen molar-refractivity contribution in [2.45, 2.75) is 18.9 Å². The number of benzene rings is 2. The van der Waals surface area contributed by atoms with E-state index in [1.54, 1.807) is 35.9 Å². The monoisotopic (exact) mass is 421 g/mol. The Morgan fingerprint density at radius 3 is 2.72 bits per heavy atom. The number of phenolic OH excluding ortho intramolecular Hbond substituents is 1. The van der Waals surface area contributed by atoms with Gasteiger partial charge in [-0.3, -0.25) is 4.79 Å². The topological polar surface area (TPSA) is 75.1 Å². The molecule has 0 saturated carbocycles. The molecule has 0 radical (unpaired) electrons. The first-order chi connectivity index (χ1) is 14.0. The minimum atomic E-state index is -0.198. The fourth-order valence-corrected chi connectivity index (χ4v) is 5.03. The number of carbonyl (C=O) groups is 1. The van der Waals surface area contributed by atoms with Crippen molar-refractivity contribution >= 4 is 44.9 Å². The molecular formula is C22H19N3O2S2. The number of fused-ring (bicyclic) bond motifs is 1. The number of aromatic nitrogens is 2. The van der Waals surface area contributed by atoms with Gasteiger partial charge in [-0.1, -0.05) is 48.2 Å². The van der Waals surface area contributed by atoms with Gasteiger partial charge in [-0.25, -0.2) is 9.97 Å². The SMILES string of the molecule is Cc1ccc(O)c(NC(=O)CSc2ncnc3sc(C)c(-c4ccccc4)c23)c1. The van der Waals surface area contributed by atoms with Gasteiger partial charge in [0.25, 0.3) is 0 Å². The van der Waals surface area contributed by atoms with Gasteiger partial charge < -0.3 is 10.4 Å². The summed E-state index contributed by atoms with van der Waals surface area (Å²) in [5, 5.41) is 14.5. The van der Waals surface area contributed by atoms with E-state index < -0.39 is 0 Å². The molecular weight excluding hydrogens is 402 g/mol. The largest absolute Gasteiger partial charge is 0.506 e. The molecule has 0 aliphatic rings. The number of aromatic hydroxyl groups is 1. The summed E-state index contributed by atoms with van der Waals surface area (Å²) in [4.78, 5) is 23.4. The van der Waals surface area contributed by atoms with Crippen LogP contribution < -0.4 is 5.32 Å². The second-order valence-electron chi connectivity index (χ2n) is 6.62. The number of thioether (sulfide) groups is 1. The molecule has 146 valence electrons. The Bertz CT molecular complexity index is 1190. The van der Waals surface area contributed by atoms with Crippen molar-refractivity contribution < 1.29 is 9.90 Å². The first kappa shape index (κ1) is 19.4. The van der Waals surface area contributed by atoms with E-state index in [-0.39, 0.29) is 17.4 Å². The van der Waals surface area contributed by atoms with Crippen molar-refractivity contribution in [2.75, 3.05) is 11.1 Å². The highest BCUT2D eigenvalue weighted by atomic mass is 32.2. The number of hydrogen-bond donors (Lipinski definition) is 2. The molecule has 5 nitrogen and oxygen atoms in total. The first-order valence-electron chi connectivity index (χ1n) is 9.04. The van der Waals surface area contributed by atoms with Gasteiger partial charge in [-0.05, 0) is 37.1 Å². The maximum Gasteiger partial charge on any atom is 0.234 e. The molecule has 0 aliphatic heterocycles. The number of nitrogens with one attached hydrogen (secondary N) is 1. The Morgan fingerprint density at radius 1 is 1.14 bits per heavy atom. The van der Waals surface area contributed by atoms with Crippen molar-refractivity contribution in [3.8, 4) is 16.9 Å². The lowest BCUT2D eigenvalue weighted by molar-refractivity contribution is -0.113. The number of thiophene rings is 1. The highest BCUT2D eigenvalue weighted by Crippen LogP contribution is 2.41. The van der Waals surface area contributed by atoms with Crippen LogP contribution in [0.1, 0.15) is 10.4 Å². The van der Waals surface area contributed by atoms with Gasteiger partial charge in [-0.2, -0.15) is 0 Å². The molecule has 2 heterocycles. The third-order valence-corrected chi connectivity index (χ3v) is 6.46. The van der Waals surface area contributed by atoms with Crippen LogP contribution in [0, 0.1) is 13.8 Å². The number of hydrogen-bond acceptors (Lipinski definition) is 6. The van der Waals surface area contributed by atoms with Crippen molar-refractivity contribution in [1.82, 2.24) is 9.97 Å². The van der Waals surface area contributed by atoms with Crippen LogP contribution >= 0.6 is 23.1 Å². The van der Waals surface area contributed by atoms with Crippen LogP contribution in [0.25, 0.3) is 21.3 Å². The average molecular weight is 422 g/mol. The fraction of sp³-hybridized carbons (Fsp3) is 0.136. The smallest absolute Gasteiger partial charge is 0.234 e. The molecule has 0 spiro atoms. The highest BCUT2D eigenvalue weighted by molar-refractivity contribution is 8.00. The van der Waals surface area contributed by atoms with Crippen LogP contribution in [-0.2, 0) is 4.79 Å². The van der Waals surface area contributed by atoms with E-state index in [9.17, 15) is 9.90 Å². The molecule has 29 heavy (non-hydrogen) atoms. The number of amides is 1. The van der Waals surface area contributed by atoms with Crippen LogP contribution in [0.5, 0.6) is 5.75 Å². The summed E-state index contributed by atoms with van der Waals surface area (Å²) in [6.45, 7) is 3.99. The molecule has 0 unspecified atom stereocenters. The van der Waals surface area contributed by atoms with Gasteiger partial charge in [0.2, 0.25) is 5.91 Å². The maximum absolute atomic E-state index is 12.5. The lowest BCUT2D eigenvalue weighted by Crippen LogP contribution is -2.14. The van der Waals surface area contributed by atoms with E-state index in [0.29, 0.717) is 5.69 Å². The lowest BCUT2D eigenvalue weighted by atomic mass is 10.0. The summed E-state index contributed by atoms with van der Waals surface area (Å²) in [6.07, 6.45) is 1.54. The Kier molecular flexibility index (Phi) is 5.51. The lowest BCUT2D eigenvalue weighted by Gasteiger charge is -2.09. The van der Waals surface area contributed by atoms with Gasteiger partial charge in [0, 0.05) is 10.4 Å². The molecule has 0 aliphatic carbocycles. The molecule has 0 bridgehead atoms. The minimum absolute atomic E-state index is 0.0539. The van der Waals surface area contributed by atoms with Crippen LogP contribution in [0.15, 0.2) is 59.9 Å².